The van der Waals surface area contributed by atoms with Crippen molar-refractivity contribution in [3.8, 4) is 0 Å². The zero-order chi connectivity index (χ0) is 12.7. The van der Waals surface area contributed by atoms with Crippen molar-refractivity contribution in [3.05, 3.63) is 0 Å². The topological polar surface area (TPSA) is 0 Å². The van der Waals surface area contributed by atoms with Crippen LogP contribution in [0.2, 0.25) is 0 Å². The fourth-order valence-corrected chi connectivity index (χ4v) is 3.38. The second-order valence-electron chi connectivity index (χ2n) is 6.87. The average molecular weight is 238 g/mol. The number of rotatable bonds is 10. The van der Waals surface area contributed by atoms with Crippen LogP contribution in [0.4, 0.5) is 0 Å². The van der Waals surface area contributed by atoms with E-state index in [9.17, 15) is 0 Å². The van der Waals surface area contributed by atoms with Gasteiger partial charge in [0.15, 0.2) is 0 Å². The van der Waals surface area contributed by atoms with Crippen molar-refractivity contribution >= 4 is 0 Å². The summed E-state index contributed by atoms with van der Waals surface area (Å²) in [7, 11) is 0. The Hall–Kier alpha value is 0. The van der Waals surface area contributed by atoms with Gasteiger partial charge < -0.3 is 0 Å². The Bertz CT molecular complexity index is 192. The molecule has 0 spiro atoms. The molecule has 0 amide bonds. The molecule has 17 heavy (non-hydrogen) atoms. The molecule has 0 aromatic heterocycles. The van der Waals surface area contributed by atoms with Crippen LogP contribution >= 0.6 is 0 Å². The molecule has 2 unspecified atom stereocenters. The van der Waals surface area contributed by atoms with Gasteiger partial charge in [0.1, 0.15) is 0 Å². The Balaban J connectivity index is 1.98. The molecular formula is C17H34. The highest BCUT2D eigenvalue weighted by atomic mass is 14.5. The van der Waals surface area contributed by atoms with Crippen molar-refractivity contribution in [2.24, 2.45) is 17.3 Å². The molecule has 0 heteroatoms. The molecule has 0 aromatic rings. The van der Waals surface area contributed by atoms with Gasteiger partial charge in [-0.3, -0.25) is 0 Å². The molecule has 0 heterocycles. The highest BCUT2D eigenvalue weighted by molar-refractivity contribution is 4.95. The van der Waals surface area contributed by atoms with Crippen LogP contribution in [0.25, 0.3) is 0 Å². The van der Waals surface area contributed by atoms with Gasteiger partial charge in [-0.2, -0.15) is 0 Å². The van der Waals surface area contributed by atoms with Crippen molar-refractivity contribution in [1.82, 2.24) is 0 Å². The summed E-state index contributed by atoms with van der Waals surface area (Å²) < 4.78 is 0. The fraction of sp³-hybridized carbons (Fsp3) is 1.00. The maximum Gasteiger partial charge on any atom is -0.0323 e. The van der Waals surface area contributed by atoms with Gasteiger partial charge in [0.05, 0.1) is 0 Å². The molecule has 0 aromatic carbocycles. The van der Waals surface area contributed by atoms with Crippen molar-refractivity contribution < 1.29 is 0 Å². The van der Waals surface area contributed by atoms with Gasteiger partial charge in [-0.25, -0.2) is 0 Å². The minimum absolute atomic E-state index is 0.629. The molecule has 0 nitrogen and oxygen atoms in total. The first-order chi connectivity index (χ1) is 8.11. The van der Waals surface area contributed by atoms with E-state index in [4.69, 9.17) is 0 Å². The lowest BCUT2D eigenvalue weighted by Crippen LogP contribution is -2.15. The molecule has 102 valence electrons. The van der Waals surface area contributed by atoms with E-state index in [1.165, 1.54) is 64.2 Å². The van der Waals surface area contributed by atoms with Crippen molar-refractivity contribution in [2.75, 3.05) is 0 Å². The maximum atomic E-state index is 2.50. The first-order valence-electron chi connectivity index (χ1n) is 8.11. The summed E-state index contributed by atoms with van der Waals surface area (Å²) in [6.07, 6.45) is 14.5. The van der Waals surface area contributed by atoms with Gasteiger partial charge in [0, 0.05) is 0 Å². The smallest absolute Gasteiger partial charge is 0.0323 e. The van der Waals surface area contributed by atoms with Crippen LogP contribution in [0, 0.1) is 17.3 Å². The van der Waals surface area contributed by atoms with Crippen LogP contribution in [0.3, 0.4) is 0 Å². The molecule has 1 aliphatic rings. The van der Waals surface area contributed by atoms with E-state index in [-0.39, 0.29) is 0 Å². The second-order valence-corrected chi connectivity index (χ2v) is 6.87. The molecule has 0 radical (unpaired) electrons. The van der Waals surface area contributed by atoms with Crippen LogP contribution in [-0.4, -0.2) is 0 Å². The molecule has 1 saturated carbocycles. The predicted molar refractivity (Wildman–Crippen MR) is 78.3 cm³/mol. The van der Waals surface area contributed by atoms with Gasteiger partial charge in [0.25, 0.3) is 0 Å². The van der Waals surface area contributed by atoms with Crippen LogP contribution in [0.5, 0.6) is 0 Å². The van der Waals surface area contributed by atoms with E-state index in [0.717, 1.165) is 11.8 Å². The molecular weight excluding hydrogens is 204 g/mol. The summed E-state index contributed by atoms with van der Waals surface area (Å²) in [6, 6.07) is 0. The Morgan fingerprint density at radius 1 is 0.882 bits per heavy atom. The number of hydrogen-bond acceptors (Lipinski definition) is 0. The van der Waals surface area contributed by atoms with Crippen LogP contribution in [0.1, 0.15) is 91.9 Å². The molecule has 1 fully saturated rings. The molecule has 0 saturated heterocycles. The minimum atomic E-state index is 0.629. The van der Waals surface area contributed by atoms with Gasteiger partial charge >= 0.3 is 0 Å². The Labute approximate surface area is 110 Å². The standard InChI is InChI=1S/C17H34/c1-5-7-8-9-10-11-12-13-17(3,4)16-14-15(16)6-2/h15-16H,5-14H2,1-4H3. The molecule has 1 aliphatic carbocycles. The Morgan fingerprint density at radius 2 is 1.47 bits per heavy atom. The quantitative estimate of drug-likeness (QED) is 0.397. The van der Waals surface area contributed by atoms with E-state index < -0.39 is 0 Å². The Kier molecular flexibility index (Phi) is 6.59. The highest BCUT2D eigenvalue weighted by Gasteiger charge is 2.45. The van der Waals surface area contributed by atoms with Crippen LogP contribution in [0.15, 0.2) is 0 Å². The monoisotopic (exact) mass is 238 g/mol. The molecule has 0 N–H and O–H groups in total. The molecule has 1 rings (SSSR count). The van der Waals surface area contributed by atoms with E-state index in [2.05, 4.69) is 27.7 Å². The van der Waals surface area contributed by atoms with Crippen molar-refractivity contribution in [3.63, 3.8) is 0 Å². The van der Waals surface area contributed by atoms with Crippen molar-refractivity contribution in [2.45, 2.75) is 91.9 Å². The first kappa shape index (κ1) is 15.1. The molecule has 2 atom stereocenters. The van der Waals surface area contributed by atoms with E-state index in [1.54, 1.807) is 0 Å². The summed E-state index contributed by atoms with van der Waals surface area (Å²) >= 11 is 0. The number of hydrogen-bond donors (Lipinski definition) is 0. The Morgan fingerprint density at radius 3 is 2.00 bits per heavy atom. The third-order valence-corrected chi connectivity index (χ3v) is 4.88. The third kappa shape index (κ3) is 5.44. The lowest BCUT2D eigenvalue weighted by molar-refractivity contribution is 0.256. The SMILES string of the molecule is CCCCCCCCCC(C)(C)C1CC1CC. The molecule has 0 bridgehead atoms. The van der Waals surface area contributed by atoms with Crippen LogP contribution < -0.4 is 0 Å². The van der Waals surface area contributed by atoms with Crippen molar-refractivity contribution in [1.29, 1.82) is 0 Å². The van der Waals surface area contributed by atoms with E-state index in [0.29, 0.717) is 5.41 Å². The minimum Gasteiger partial charge on any atom is -0.0654 e. The summed E-state index contributed by atoms with van der Waals surface area (Å²) in [4.78, 5) is 0. The van der Waals surface area contributed by atoms with Crippen LogP contribution in [-0.2, 0) is 0 Å². The van der Waals surface area contributed by atoms with Gasteiger partial charge in [-0.1, -0.05) is 79.1 Å². The normalized spacial score (nSPS) is 24.0. The highest BCUT2D eigenvalue weighted by Crippen LogP contribution is 2.54. The van der Waals surface area contributed by atoms with Gasteiger partial charge in [-0.05, 0) is 30.1 Å². The van der Waals surface area contributed by atoms with E-state index >= 15 is 0 Å². The second kappa shape index (κ2) is 7.44. The number of unbranched alkanes of at least 4 members (excludes halogenated alkanes) is 6. The largest absolute Gasteiger partial charge is 0.0654 e. The maximum absolute atomic E-state index is 2.50. The zero-order valence-corrected chi connectivity index (χ0v) is 12.7. The zero-order valence-electron chi connectivity index (χ0n) is 12.7. The summed E-state index contributed by atoms with van der Waals surface area (Å²) in [5.41, 5.74) is 0.629. The fourth-order valence-electron chi connectivity index (χ4n) is 3.38. The van der Waals surface area contributed by atoms with Gasteiger partial charge in [-0.15, -0.1) is 0 Å². The lowest BCUT2D eigenvalue weighted by Gasteiger charge is -2.25. The molecule has 0 aliphatic heterocycles. The van der Waals surface area contributed by atoms with E-state index in [1.807, 2.05) is 0 Å². The summed E-state index contributed by atoms with van der Waals surface area (Å²) in [6.45, 7) is 9.66. The average Bonchev–Trinajstić information content (AvgIpc) is 3.08. The summed E-state index contributed by atoms with van der Waals surface area (Å²) in [5, 5.41) is 0. The third-order valence-electron chi connectivity index (χ3n) is 4.88. The predicted octanol–water partition coefficient (Wildman–Crippen LogP) is 6.20. The summed E-state index contributed by atoms with van der Waals surface area (Å²) in [5.74, 6) is 2.11. The van der Waals surface area contributed by atoms with Gasteiger partial charge in [0.2, 0.25) is 0 Å². The first-order valence-corrected chi connectivity index (χ1v) is 8.11. The lowest BCUT2D eigenvalue weighted by atomic mass is 9.80.